The lowest BCUT2D eigenvalue weighted by Crippen LogP contribution is -2.18. The highest BCUT2D eigenvalue weighted by Crippen LogP contribution is 2.23. The molecule has 2 aromatic heterocycles. The van der Waals surface area contributed by atoms with E-state index in [4.69, 9.17) is 0 Å². The molecule has 0 spiro atoms. The summed E-state index contributed by atoms with van der Waals surface area (Å²) >= 11 is 0. The Bertz CT molecular complexity index is 725. The molecule has 0 aliphatic heterocycles. The van der Waals surface area contributed by atoms with Gasteiger partial charge in [-0.2, -0.15) is 0 Å². The maximum atomic E-state index is 4.53. The van der Waals surface area contributed by atoms with Crippen LogP contribution in [-0.2, 0) is 0 Å². The molecule has 0 saturated carbocycles. The highest BCUT2D eigenvalue weighted by atomic mass is 14.9. The van der Waals surface area contributed by atoms with E-state index in [2.05, 4.69) is 44.5 Å². The monoisotopic (exact) mass is 264 g/mol. The highest BCUT2D eigenvalue weighted by Gasteiger charge is 2.13. The summed E-state index contributed by atoms with van der Waals surface area (Å²) < 4.78 is 0. The van der Waals surface area contributed by atoms with Crippen LogP contribution in [0.3, 0.4) is 0 Å². The first-order chi connectivity index (χ1) is 9.78. The largest absolute Gasteiger partial charge is 0.308 e. The summed E-state index contributed by atoms with van der Waals surface area (Å²) in [4.78, 5) is 12.8. The Balaban J connectivity index is 2.06. The van der Waals surface area contributed by atoms with Gasteiger partial charge in [0.1, 0.15) is 6.33 Å². The molecule has 3 rings (SSSR count). The molecule has 1 atom stereocenters. The van der Waals surface area contributed by atoms with Crippen LogP contribution in [0, 0.1) is 6.92 Å². The average molecular weight is 264 g/mol. The van der Waals surface area contributed by atoms with Gasteiger partial charge in [0.2, 0.25) is 0 Å². The predicted octanol–water partition coefficient (Wildman–Crippen LogP) is 2.64. The fraction of sp³-hybridized carbons (Fsp3) is 0.188. The topological polar surface area (TPSA) is 50.7 Å². The SMILES string of the molecule is CNC(c1ccc2nc(C)ccc2c1)c1ccncn1. The summed E-state index contributed by atoms with van der Waals surface area (Å²) in [5.74, 6) is 0. The van der Waals surface area contributed by atoms with Crippen molar-refractivity contribution < 1.29 is 0 Å². The fourth-order valence-corrected chi connectivity index (χ4v) is 2.38. The van der Waals surface area contributed by atoms with Gasteiger partial charge in [0.15, 0.2) is 0 Å². The van der Waals surface area contributed by atoms with Crippen LogP contribution in [0.25, 0.3) is 10.9 Å². The van der Waals surface area contributed by atoms with Gasteiger partial charge in [-0.15, -0.1) is 0 Å². The highest BCUT2D eigenvalue weighted by molar-refractivity contribution is 5.79. The van der Waals surface area contributed by atoms with E-state index in [1.54, 1.807) is 12.5 Å². The molecule has 1 N–H and O–H groups in total. The van der Waals surface area contributed by atoms with Crippen LogP contribution < -0.4 is 5.32 Å². The van der Waals surface area contributed by atoms with E-state index in [0.29, 0.717) is 0 Å². The summed E-state index contributed by atoms with van der Waals surface area (Å²) in [6, 6.07) is 12.4. The first-order valence-corrected chi connectivity index (χ1v) is 6.58. The molecule has 4 heteroatoms. The van der Waals surface area contributed by atoms with Crippen LogP contribution in [-0.4, -0.2) is 22.0 Å². The molecule has 1 unspecified atom stereocenters. The van der Waals surface area contributed by atoms with Crippen molar-refractivity contribution in [3.8, 4) is 0 Å². The quantitative estimate of drug-likeness (QED) is 0.790. The molecule has 0 radical (unpaired) electrons. The van der Waals surface area contributed by atoms with E-state index in [9.17, 15) is 0 Å². The van der Waals surface area contributed by atoms with Gasteiger partial charge >= 0.3 is 0 Å². The van der Waals surface area contributed by atoms with Gasteiger partial charge in [-0.1, -0.05) is 12.1 Å². The molecule has 0 bridgehead atoms. The Hall–Kier alpha value is -2.33. The van der Waals surface area contributed by atoms with Crippen LogP contribution in [0.5, 0.6) is 0 Å². The van der Waals surface area contributed by atoms with Crippen molar-refractivity contribution >= 4 is 10.9 Å². The molecular formula is C16H16N4. The van der Waals surface area contributed by atoms with Crippen molar-refractivity contribution in [2.45, 2.75) is 13.0 Å². The van der Waals surface area contributed by atoms with Gasteiger partial charge in [-0.3, -0.25) is 4.98 Å². The number of rotatable bonds is 3. The molecule has 0 aliphatic rings. The van der Waals surface area contributed by atoms with Crippen molar-refractivity contribution in [2.24, 2.45) is 0 Å². The summed E-state index contributed by atoms with van der Waals surface area (Å²) in [7, 11) is 1.93. The van der Waals surface area contributed by atoms with Crippen molar-refractivity contribution in [1.82, 2.24) is 20.3 Å². The molecule has 0 fully saturated rings. The van der Waals surface area contributed by atoms with Gasteiger partial charge in [-0.05, 0) is 43.8 Å². The number of benzene rings is 1. The molecule has 0 amide bonds. The fourth-order valence-electron chi connectivity index (χ4n) is 2.38. The minimum Gasteiger partial charge on any atom is -0.308 e. The first-order valence-electron chi connectivity index (χ1n) is 6.58. The Morgan fingerprint density at radius 2 is 2.00 bits per heavy atom. The standard InChI is InChI=1S/C16H16N4/c1-11-3-4-12-9-13(5-6-14(12)20-11)16(17-2)15-7-8-18-10-19-15/h3-10,16-17H,1-2H3. The Morgan fingerprint density at radius 3 is 2.75 bits per heavy atom. The molecular weight excluding hydrogens is 248 g/mol. The maximum absolute atomic E-state index is 4.53. The lowest BCUT2D eigenvalue weighted by Gasteiger charge is -2.16. The molecule has 2 heterocycles. The lowest BCUT2D eigenvalue weighted by molar-refractivity contribution is 0.669. The van der Waals surface area contributed by atoms with E-state index >= 15 is 0 Å². The van der Waals surface area contributed by atoms with E-state index in [0.717, 1.165) is 22.3 Å². The Kier molecular flexibility index (Phi) is 3.39. The second-order valence-electron chi connectivity index (χ2n) is 4.76. The normalized spacial score (nSPS) is 12.5. The van der Waals surface area contributed by atoms with Gasteiger partial charge in [0.25, 0.3) is 0 Å². The molecule has 4 nitrogen and oxygen atoms in total. The number of aromatic nitrogens is 3. The summed E-state index contributed by atoms with van der Waals surface area (Å²) in [6.07, 6.45) is 3.34. The van der Waals surface area contributed by atoms with Crippen LogP contribution in [0.2, 0.25) is 0 Å². The van der Waals surface area contributed by atoms with Gasteiger partial charge < -0.3 is 5.32 Å². The predicted molar refractivity (Wildman–Crippen MR) is 79.4 cm³/mol. The molecule has 3 aromatic rings. The number of pyridine rings is 1. The minimum atomic E-state index is 0.0590. The number of hydrogen-bond acceptors (Lipinski definition) is 4. The van der Waals surface area contributed by atoms with Crippen LogP contribution >= 0.6 is 0 Å². The van der Waals surface area contributed by atoms with Crippen LogP contribution in [0.4, 0.5) is 0 Å². The number of hydrogen-bond donors (Lipinski definition) is 1. The van der Waals surface area contributed by atoms with E-state index in [-0.39, 0.29) is 6.04 Å². The zero-order valence-corrected chi connectivity index (χ0v) is 11.5. The number of aryl methyl sites for hydroxylation is 1. The zero-order chi connectivity index (χ0) is 13.9. The molecule has 20 heavy (non-hydrogen) atoms. The van der Waals surface area contributed by atoms with E-state index in [1.165, 1.54) is 5.56 Å². The van der Waals surface area contributed by atoms with Crippen LogP contribution in [0.1, 0.15) is 23.0 Å². The minimum absolute atomic E-state index is 0.0590. The third kappa shape index (κ3) is 2.38. The lowest BCUT2D eigenvalue weighted by atomic mass is 10.0. The van der Waals surface area contributed by atoms with E-state index in [1.807, 2.05) is 26.1 Å². The van der Waals surface area contributed by atoms with Crippen molar-refractivity contribution in [1.29, 1.82) is 0 Å². The Morgan fingerprint density at radius 1 is 1.10 bits per heavy atom. The molecule has 100 valence electrons. The average Bonchev–Trinajstić information content (AvgIpc) is 2.49. The first kappa shape index (κ1) is 12.7. The smallest absolute Gasteiger partial charge is 0.115 e. The van der Waals surface area contributed by atoms with Crippen molar-refractivity contribution in [3.05, 3.63) is 65.9 Å². The third-order valence-corrected chi connectivity index (χ3v) is 3.38. The summed E-state index contributed by atoms with van der Waals surface area (Å²) in [6.45, 7) is 2.00. The van der Waals surface area contributed by atoms with Crippen LogP contribution in [0.15, 0.2) is 48.9 Å². The number of nitrogens with zero attached hydrogens (tertiary/aromatic N) is 3. The van der Waals surface area contributed by atoms with Crippen molar-refractivity contribution in [3.63, 3.8) is 0 Å². The molecule has 0 aliphatic carbocycles. The van der Waals surface area contributed by atoms with Gasteiger partial charge in [0.05, 0.1) is 17.3 Å². The second kappa shape index (κ2) is 5.35. The molecule has 1 aromatic carbocycles. The zero-order valence-electron chi connectivity index (χ0n) is 11.5. The Labute approximate surface area is 117 Å². The van der Waals surface area contributed by atoms with E-state index < -0.39 is 0 Å². The van der Waals surface area contributed by atoms with Gasteiger partial charge in [0, 0.05) is 17.3 Å². The van der Waals surface area contributed by atoms with Gasteiger partial charge in [-0.25, -0.2) is 9.97 Å². The maximum Gasteiger partial charge on any atom is 0.115 e. The summed E-state index contributed by atoms with van der Waals surface area (Å²) in [5, 5.41) is 4.44. The van der Waals surface area contributed by atoms with Crippen molar-refractivity contribution in [2.75, 3.05) is 7.05 Å². The molecule has 0 saturated heterocycles. The summed E-state index contributed by atoms with van der Waals surface area (Å²) in [5.41, 5.74) is 4.18. The third-order valence-electron chi connectivity index (χ3n) is 3.38. The number of fused-ring (bicyclic) bond motifs is 1. The number of nitrogens with one attached hydrogen (secondary N) is 1. The second-order valence-corrected chi connectivity index (χ2v) is 4.76.